The number of hydrogen-bond acceptors (Lipinski definition) is 6. The molecular formula is C66H116O6. The van der Waals surface area contributed by atoms with Gasteiger partial charge in [0.25, 0.3) is 0 Å². The summed E-state index contributed by atoms with van der Waals surface area (Å²) in [6.07, 6.45) is 77.7. The first-order chi connectivity index (χ1) is 35.5. The lowest BCUT2D eigenvalue weighted by molar-refractivity contribution is -0.167. The van der Waals surface area contributed by atoms with Gasteiger partial charge in [-0.1, -0.05) is 293 Å². The third kappa shape index (κ3) is 57.7. The molecule has 72 heavy (non-hydrogen) atoms. The second-order valence-electron chi connectivity index (χ2n) is 20.6. The molecule has 0 rings (SSSR count). The minimum Gasteiger partial charge on any atom is -0.462 e. The molecule has 0 heterocycles. The normalized spacial score (nSPS) is 12.5. The van der Waals surface area contributed by atoms with Gasteiger partial charge in [0, 0.05) is 19.3 Å². The second-order valence-corrected chi connectivity index (χ2v) is 20.6. The molecule has 0 amide bonds. The van der Waals surface area contributed by atoms with Crippen LogP contribution in [-0.4, -0.2) is 37.2 Å². The highest BCUT2D eigenvalue weighted by Crippen LogP contribution is 2.17. The summed E-state index contributed by atoms with van der Waals surface area (Å²) in [5.74, 6) is -0.860. The molecule has 0 aromatic heterocycles. The van der Waals surface area contributed by atoms with Crippen LogP contribution < -0.4 is 0 Å². The number of allylic oxidation sites excluding steroid dienone is 12. The quantitative estimate of drug-likeness (QED) is 0.0261. The van der Waals surface area contributed by atoms with Gasteiger partial charge in [0.15, 0.2) is 6.10 Å². The van der Waals surface area contributed by atoms with E-state index in [1.165, 1.54) is 173 Å². The number of hydrogen-bond donors (Lipinski definition) is 0. The molecule has 0 saturated carbocycles. The zero-order chi connectivity index (χ0) is 52.2. The van der Waals surface area contributed by atoms with Gasteiger partial charge in [-0.3, -0.25) is 14.4 Å². The lowest BCUT2D eigenvalue weighted by Gasteiger charge is -2.18. The Labute approximate surface area is 446 Å². The van der Waals surface area contributed by atoms with Crippen molar-refractivity contribution < 1.29 is 28.6 Å². The lowest BCUT2D eigenvalue weighted by atomic mass is 10.0. The molecule has 0 aliphatic rings. The van der Waals surface area contributed by atoms with E-state index in [4.69, 9.17) is 14.2 Å². The smallest absolute Gasteiger partial charge is 0.306 e. The molecule has 416 valence electrons. The van der Waals surface area contributed by atoms with Gasteiger partial charge in [-0.15, -0.1) is 0 Å². The van der Waals surface area contributed by atoms with Crippen LogP contribution in [0.2, 0.25) is 0 Å². The molecule has 0 fully saturated rings. The Kier molecular flexibility index (Phi) is 57.8. The Balaban J connectivity index is 4.13. The molecule has 0 saturated heterocycles. The summed E-state index contributed by atoms with van der Waals surface area (Å²) in [5.41, 5.74) is 0. The lowest BCUT2D eigenvalue weighted by Crippen LogP contribution is -2.30. The molecule has 0 aliphatic heterocycles. The van der Waals surface area contributed by atoms with Gasteiger partial charge < -0.3 is 14.2 Å². The van der Waals surface area contributed by atoms with Gasteiger partial charge in [-0.2, -0.15) is 0 Å². The molecular weight excluding hydrogens is 889 g/mol. The van der Waals surface area contributed by atoms with Gasteiger partial charge in [-0.05, 0) is 70.6 Å². The summed E-state index contributed by atoms with van der Waals surface area (Å²) in [6, 6.07) is 0. The number of carbonyl (C=O) groups is 3. The van der Waals surface area contributed by atoms with Crippen molar-refractivity contribution >= 4 is 17.9 Å². The van der Waals surface area contributed by atoms with Gasteiger partial charge >= 0.3 is 17.9 Å². The van der Waals surface area contributed by atoms with Crippen molar-refractivity contribution in [1.29, 1.82) is 0 Å². The Morgan fingerprint density at radius 3 is 0.847 bits per heavy atom. The highest BCUT2D eigenvalue weighted by molar-refractivity contribution is 5.71. The molecule has 6 nitrogen and oxygen atoms in total. The van der Waals surface area contributed by atoms with Crippen molar-refractivity contribution in [3.05, 3.63) is 72.9 Å². The third-order valence-electron chi connectivity index (χ3n) is 13.5. The van der Waals surface area contributed by atoms with Crippen LogP contribution in [0, 0.1) is 0 Å². The first-order valence-electron chi connectivity index (χ1n) is 30.9. The first-order valence-corrected chi connectivity index (χ1v) is 30.9. The Morgan fingerprint density at radius 2 is 0.542 bits per heavy atom. The standard InChI is InChI=1S/C66H116O6/c1-4-7-10-13-16-19-22-24-25-26-27-28-29-30-31-32-33-34-35-36-37-38-39-40-41-42-45-47-50-53-56-59-65(68)71-62-63(61-70-64(67)58-55-52-49-46-43-21-18-15-12-9-6-3)72-66(69)60-57-54-51-48-44-23-20-17-14-11-8-5-2/h7,10,16,19,24-25,27-28,30-31,33-34,63H,4-6,8-9,11-15,17-18,20-23,26,29,32,35-62H2,1-3H3/b10-7-,19-16-,25-24-,28-27-,31-30-,34-33-. The van der Waals surface area contributed by atoms with Crippen molar-refractivity contribution in [2.75, 3.05) is 13.2 Å². The maximum absolute atomic E-state index is 12.8. The number of esters is 3. The number of carbonyl (C=O) groups excluding carboxylic acids is 3. The van der Waals surface area contributed by atoms with Crippen LogP contribution in [0.3, 0.4) is 0 Å². The Hall–Kier alpha value is -3.15. The third-order valence-corrected chi connectivity index (χ3v) is 13.5. The van der Waals surface area contributed by atoms with Crippen molar-refractivity contribution in [1.82, 2.24) is 0 Å². The molecule has 0 bridgehead atoms. The fraction of sp³-hybridized carbons (Fsp3) is 0.773. The average molecular weight is 1010 g/mol. The first kappa shape index (κ1) is 68.8. The van der Waals surface area contributed by atoms with Gasteiger partial charge in [0.2, 0.25) is 0 Å². The van der Waals surface area contributed by atoms with E-state index in [2.05, 4.69) is 93.7 Å². The number of unbranched alkanes of at least 4 members (excludes halogenated alkanes) is 33. The minimum atomic E-state index is -0.770. The number of rotatable bonds is 56. The predicted molar refractivity (Wildman–Crippen MR) is 311 cm³/mol. The van der Waals surface area contributed by atoms with Crippen LogP contribution in [0.15, 0.2) is 72.9 Å². The fourth-order valence-corrected chi connectivity index (χ4v) is 8.86. The predicted octanol–water partition coefficient (Wildman–Crippen LogP) is 20.9. The average Bonchev–Trinajstić information content (AvgIpc) is 3.38. The SMILES string of the molecule is CC/C=C\C/C=C\C/C=C\C/C=C\C/C=C\C/C=C\CCCCCCCCCCCCCCC(=O)OCC(COC(=O)CCCCCCCCCCCCC)OC(=O)CCCCCCCCCCCCCC. The Bertz CT molecular complexity index is 1340. The molecule has 0 aromatic rings. The molecule has 1 unspecified atom stereocenters. The van der Waals surface area contributed by atoms with Crippen molar-refractivity contribution in [2.45, 2.75) is 316 Å². The van der Waals surface area contributed by atoms with E-state index in [0.717, 1.165) is 96.3 Å². The molecule has 0 radical (unpaired) electrons. The van der Waals surface area contributed by atoms with Crippen molar-refractivity contribution in [3.8, 4) is 0 Å². The zero-order valence-corrected chi connectivity index (χ0v) is 47.7. The van der Waals surface area contributed by atoms with Gasteiger partial charge in [-0.25, -0.2) is 0 Å². The largest absolute Gasteiger partial charge is 0.462 e. The van der Waals surface area contributed by atoms with E-state index < -0.39 is 6.10 Å². The van der Waals surface area contributed by atoms with E-state index in [1.807, 2.05) is 0 Å². The summed E-state index contributed by atoms with van der Waals surface area (Å²) in [6.45, 7) is 6.54. The summed E-state index contributed by atoms with van der Waals surface area (Å²) < 4.78 is 16.9. The van der Waals surface area contributed by atoms with Gasteiger partial charge in [0.1, 0.15) is 13.2 Å². The van der Waals surface area contributed by atoms with Crippen LogP contribution in [-0.2, 0) is 28.6 Å². The summed E-state index contributed by atoms with van der Waals surface area (Å²) in [7, 11) is 0. The molecule has 1 atom stereocenters. The minimum absolute atomic E-state index is 0.0700. The fourth-order valence-electron chi connectivity index (χ4n) is 8.86. The monoisotopic (exact) mass is 1000 g/mol. The van der Waals surface area contributed by atoms with E-state index in [9.17, 15) is 14.4 Å². The highest BCUT2D eigenvalue weighted by atomic mass is 16.6. The van der Waals surface area contributed by atoms with E-state index >= 15 is 0 Å². The second kappa shape index (κ2) is 60.4. The summed E-state index contributed by atoms with van der Waals surface area (Å²) in [5, 5.41) is 0. The maximum Gasteiger partial charge on any atom is 0.306 e. The zero-order valence-electron chi connectivity index (χ0n) is 47.7. The Morgan fingerprint density at radius 1 is 0.292 bits per heavy atom. The maximum atomic E-state index is 12.8. The molecule has 0 aliphatic carbocycles. The molecule has 0 N–H and O–H groups in total. The van der Waals surface area contributed by atoms with E-state index in [-0.39, 0.29) is 31.1 Å². The van der Waals surface area contributed by atoms with E-state index in [1.54, 1.807) is 0 Å². The summed E-state index contributed by atoms with van der Waals surface area (Å²) >= 11 is 0. The van der Waals surface area contributed by atoms with Crippen LogP contribution in [0.1, 0.15) is 310 Å². The van der Waals surface area contributed by atoms with Crippen LogP contribution >= 0.6 is 0 Å². The van der Waals surface area contributed by atoms with Crippen LogP contribution in [0.5, 0.6) is 0 Å². The summed E-state index contributed by atoms with van der Waals surface area (Å²) in [4.78, 5) is 38.1. The van der Waals surface area contributed by atoms with Crippen molar-refractivity contribution in [3.63, 3.8) is 0 Å². The van der Waals surface area contributed by atoms with Crippen molar-refractivity contribution in [2.24, 2.45) is 0 Å². The molecule has 0 aromatic carbocycles. The molecule has 6 heteroatoms. The van der Waals surface area contributed by atoms with Gasteiger partial charge in [0.05, 0.1) is 0 Å². The van der Waals surface area contributed by atoms with E-state index in [0.29, 0.717) is 19.3 Å². The molecule has 0 spiro atoms. The van der Waals surface area contributed by atoms with Crippen LogP contribution in [0.25, 0.3) is 0 Å². The topological polar surface area (TPSA) is 78.9 Å². The van der Waals surface area contributed by atoms with Crippen LogP contribution in [0.4, 0.5) is 0 Å². The highest BCUT2D eigenvalue weighted by Gasteiger charge is 2.19. The number of ether oxygens (including phenoxy) is 3.